The van der Waals surface area contributed by atoms with Crippen molar-refractivity contribution in [2.75, 3.05) is 31.1 Å². The second kappa shape index (κ2) is 9.04. The van der Waals surface area contributed by atoms with Crippen LogP contribution in [0.3, 0.4) is 0 Å². The molecule has 7 heteroatoms. The van der Waals surface area contributed by atoms with E-state index in [9.17, 15) is 8.42 Å². The summed E-state index contributed by atoms with van der Waals surface area (Å²) in [5.74, 6) is 1.00. The van der Waals surface area contributed by atoms with Crippen LogP contribution in [0.4, 0.5) is 5.82 Å². The molecule has 0 atom stereocenters. The van der Waals surface area contributed by atoms with Gasteiger partial charge in [-0.25, -0.2) is 18.1 Å². The van der Waals surface area contributed by atoms with Crippen molar-refractivity contribution in [2.24, 2.45) is 0 Å². The number of benzene rings is 1. The van der Waals surface area contributed by atoms with Gasteiger partial charge in [0, 0.05) is 50.0 Å². The minimum absolute atomic E-state index is 0.0776. The molecule has 0 unspecified atom stereocenters. The number of sulfonamides is 1. The fraction of sp³-hybridized carbons (Fsp3) is 0.522. The van der Waals surface area contributed by atoms with Crippen molar-refractivity contribution in [1.29, 1.82) is 0 Å². The summed E-state index contributed by atoms with van der Waals surface area (Å²) in [5.41, 5.74) is 1.96. The Kier molecular flexibility index (Phi) is 6.41. The van der Waals surface area contributed by atoms with Gasteiger partial charge < -0.3 is 4.90 Å². The molecule has 2 aliphatic rings. The van der Waals surface area contributed by atoms with Crippen molar-refractivity contribution in [3.63, 3.8) is 0 Å². The molecule has 162 valence electrons. The molecule has 2 fully saturated rings. The predicted molar refractivity (Wildman–Crippen MR) is 121 cm³/mol. The van der Waals surface area contributed by atoms with Crippen molar-refractivity contribution < 1.29 is 8.42 Å². The first-order valence-electron chi connectivity index (χ1n) is 11.0. The van der Waals surface area contributed by atoms with Crippen molar-refractivity contribution in [3.8, 4) is 11.1 Å². The van der Waals surface area contributed by atoms with Gasteiger partial charge >= 0.3 is 0 Å². The molecular weight excluding hydrogens is 396 g/mol. The standard InChI is InChI=1S/C23H32N4O2S/c1-18(2)26-13-15-27(16-14-26)23-12-9-20(17-24-23)19-7-10-22(11-8-19)30(28,29)25-21-5-3-4-6-21/h7-12,17-18,21,25H,3-6,13-16H2,1-2H3. The second-order valence-electron chi connectivity index (χ2n) is 8.65. The van der Waals surface area contributed by atoms with E-state index < -0.39 is 10.0 Å². The summed E-state index contributed by atoms with van der Waals surface area (Å²) in [7, 11) is -3.45. The molecule has 1 aromatic heterocycles. The second-order valence-corrected chi connectivity index (χ2v) is 10.4. The summed E-state index contributed by atoms with van der Waals surface area (Å²) in [4.78, 5) is 9.80. The smallest absolute Gasteiger partial charge is 0.240 e. The lowest BCUT2D eigenvalue weighted by Crippen LogP contribution is -2.49. The van der Waals surface area contributed by atoms with Gasteiger partial charge in [0.05, 0.1) is 4.90 Å². The number of pyridine rings is 1. The van der Waals surface area contributed by atoms with Gasteiger partial charge in [0.15, 0.2) is 0 Å². The maximum Gasteiger partial charge on any atom is 0.240 e. The topological polar surface area (TPSA) is 65.5 Å². The monoisotopic (exact) mass is 428 g/mol. The summed E-state index contributed by atoms with van der Waals surface area (Å²) in [6, 6.07) is 11.9. The van der Waals surface area contributed by atoms with Crippen LogP contribution in [0.5, 0.6) is 0 Å². The van der Waals surface area contributed by atoms with Crippen molar-refractivity contribution in [2.45, 2.75) is 56.5 Å². The third-order valence-corrected chi connectivity index (χ3v) is 7.83. The fourth-order valence-corrected chi connectivity index (χ4v) is 5.67. The lowest BCUT2D eigenvalue weighted by Gasteiger charge is -2.37. The molecule has 6 nitrogen and oxygen atoms in total. The normalized spacial score (nSPS) is 19.0. The first kappa shape index (κ1) is 21.3. The molecule has 0 radical (unpaired) electrons. The number of hydrogen-bond donors (Lipinski definition) is 1. The Morgan fingerprint density at radius 2 is 1.57 bits per heavy atom. The molecule has 2 aromatic rings. The minimum atomic E-state index is -3.45. The number of piperazine rings is 1. The van der Waals surface area contributed by atoms with Gasteiger partial charge in [0.25, 0.3) is 0 Å². The molecule has 0 spiro atoms. The fourth-order valence-electron chi connectivity index (χ4n) is 4.37. The first-order chi connectivity index (χ1) is 14.4. The summed E-state index contributed by atoms with van der Waals surface area (Å²) in [6.45, 7) is 8.59. The van der Waals surface area contributed by atoms with Crippen LogP contribution in [0.1, 0.15) is 39.5 Å². The van der Waals surface area contributed by atoms with Crippen LogP contribution in [0.2, 0.25) is 0 Å². The molecule has 1 aliphatic carbocycles. The maximum atomic E-state index is 12.6. The van der Waals surface area contributed by atoms with Crippen LogP contribution in [0, 0.1) is 0 Å². The highest BCUT2D eigenvalue weighted by Crippen LogP contribution is 2.25. The van der Waals surface area contributed by atoms with Crippen LogP contribution < -0.4 is 9.62 Å². The van der Waals surface area contributed by atoms with E-state index in [1.165, 1.54) is 0 Å². The number of aromatic nitrogens is 1. The SMILES string of the molecule is CC(C)N1CCN(c2ccc(-c3ccc(S(=O)(=O)NC4CCCC4)cc3)cn2)CC1. The first-order valence-corrected chi connectivity index (χ1v) is 12.5. The Hall–Kier alpha value is -1.96. The molecule has 1 saturated carbocycles. The average molecular weight is 429 g/mol. The van der Waals surface area contributed by atoms with Gasteiger partial charge in [0.1, 0.15) is 5.82 Å². The van der Waals surface area contributed by atoms with Gasteiger partial charge in [-0.05, 0) is 56.5 Å². The number of nitrogens with zero attached hydrogens (tertiary/aromatic N) is 3. The highest BCUT2D eigenvalue weighted by molar-refractivity contribution is 7.89. The van der Waals surface area contributed by atoms with E-state index in [0.29, 0.717) is 10.9 Å². The Morgan fingerprint density at radius 1 is 0.933 bits per heavy atom. The Morgan fingerprint density at radius 3 is 2.13 bits per heavy atom. The highest BCUT2D eigenvalue weighted by Gasteiger charge is 2.23. The summed E-state index contributed by atoms with van der Waals surface area (Å²) >= 11 is 0. The van der Waals surface area contributed by atoms with Crippen molar-refractivity contribution in [1.82, 2.24) is 14.6 Å². The molecule has 0 amide bonds. The van der Waals surface area contributed by atoms with Crippen LogP contribution in [0.15, 0.2) is 47.5 Å². The maximum absolute atomic E-state index is 12.6. The summed E-state index contributed by atoms with van der Waals surface area (Å²) in [6.07, 6.45) is 5.94. The van der Waals surface area contributed by atoms with Gasteiger partial charge in [-0.15, -0.1) is 0 Å². The van der Waals surface area contributed by atoms with Crippen LogP contribution in [0.25, 0.3) is 11.1 Å². The zero-order valence-corrected chi connectivity index (χ0v) is 18.7. The lowest BCUT2D eigenvalue weighted by atomic mass is 10.1. The van der Waals surface area contributed by atoms with Crippen LogP contribution >= 0.6 is 0 Å². The Bertz CT molecular complexity index is 928. The molecule has 1 N–H and O–H groups in total. The Labute approximate surface area is 180 Å². The number of hydrogen-bond acceptors (Lipinski definition) is 5. The van der Waals surface area contributed by atoms with E-state index in [1.54, 1.807) is 12.1 Å². The number of nitrogens with one attached hydrogen (secondary N) is 1. The Balaban J connectivity index is 1.41. The number of rotatable bonds is 6. The molecular formula is C23H32N4O2S. The van der Waals surface area contributed by atoms with Crippen molar-refractivity contribution in [3.05, 3.63) is 42.6 Å². The molecule has 1 saturated heterocycles. The quantitative estimate of drug-likeness (QED) is 0.763. The molecule has 0 bridgehead atoms. The zero-order chi connectivity index (χ0) is 21.1. The molecule has 1 aliphatic heterocycles. The van der Waals surface area contributed by atoms with Crippen LogP contribution in [-0.4, -0.2) is 56.6 Å². The lowest BCUT2D eigenvalue weighted by molar-refractivity contribution is 0.209. The molecule has 1 aromatic carbocycles. The third-order valence-electron chi connectivity index (χ3n) is 6.29. The van der Waals surface area contributed by atoms with E-state index >= 15 is 0 Å². The third kappa shape index (κ3) is 4.85. The molecule has 2 heterocycles. The van der Waals surface area contributed by atoms with Gasteiger partial charge in [-0.3, -0.25) is 4.90 Å². The van der Waals surface area contributed by atoms with E-state index in [-0.39, 0.29) is 6.04 Å². The number of anilines is 1. The van der Waals surface area contributed by atoms with Crippen LogP contribution in [-0.2, 0) is 10.0 Å². The summed E-state index contributed by atoms with van der Waals surface area (Å²) < 4.78 is 28.0. The minimum Gasteiger partial charge on any atom is -0.354 e. The van der Waals surface area contributed by atoms with Gasteiger partial charge in [-0.1, -0.05) is 25.0 Å². The average Bonchev–Trinajstić information content (AvgIpc) is 3.26. The van der Waals surface area contributed by atoms with Crippen molar-refractivity contribution >= 4 is 15.8 Å². The van der Waals surface area contributed by atoms with E-state index in [0.717, 1.165) is 68.8 Å². The zero-order valence-electron chi connectivity index (χ0n) is 17.9. The van der Waals surface area contributed by atoms with E-state index in [2.05, 4.69) is 45.5 Å². The van der Waals surface area contributed by atoms with E-state index in [1.807, 2.05) is 18.3 Å². The highest BCUT2D eigenvalue weighted by atomic mass is 32.2. The van der Waals surface area contributed by atoms with Gasteiger partial charge in [0.2, 0.25) is 10.0 Å². The molecule has 4 rings (SSSR count). The predicted octanol–water partition coefficient (Wildman–Crippen LogP) is 3.50. The summed E-state index contributed by atoms with van der Waals surface area (Å²) in [5, 5.41) is 0. The van der Waals surface area contributed by atoms with E-state index in [4.69, 9.17) is 0 Å². The molecule has 30 heavy (non-hydrogen) atoms. The largest absolute Gasteiger partial charge is 0.354 e. The van der Waals surface area contributed by atoms with Gasteiger partial charge in [-0.2, -0.15) is 0 Å².